The van der Waals surface area contributed by atoms with Gasteiger partial charge in [-0.3, -0.25) is 4.98 Å². The van der Waals surface area contributed by atoms with Crippen molar-refractivity contribution in [3.05, 3.63) is 42.1 Å². The summed E-state index contributed by atoms with van der Waals surface area (Å²) >= 11 is 0. The zero-order valence-corrected chi connectivity index (χ0v) is 12.4. The molecule has 0 unspecified atom stereocenters. The van der Waals surface area contributed by atoms with E-state index in [2.05, 4.69) is 53.1 Å². The van der Waals surface area contributed by atoms with Gasteiger partial charge in [-0.1, -0.05) is 18.2 Å². The van der Waals surface area contributed by atoms with E-state index in [4.69, 9.17) is 0 Å². The molecule has 0 spiro atoms. The SMILES string of the molecule is CN(Cc1cnc2ccccc2c1)C[C@H]1CCCN1C. The first-order valence-corrected chi connectivity index (χ1v) is 7.45. The summed E-state index contributed by atoms with van der Waals surface area (Å²) in [6.07, 6.45) is 4.68. The van der Waals surface area contributed by atoms with E-state index in [0.717, 1.165) is 18.6 Å². The van der Waals surface area contributed by atoms with Gasteiger partial charge >= 0.3 is 0 Å². The summed E-state index contributed by atoms with van der Waals surface area (Å²) in [7, 11) is 4.45. The van der Waals surface area contributed by atoms with E-state index in [-0.39, 0.29) is 0 Å². The lowest BCUT2D eigenvalue weighted by Gasteiger charge is -2.25. The molecule has 1 saturated heterocycles. The minimum atomic E-state index is 0.716. The lowest BCUT2D eigenvalue weighted by Crippen LogP contribution is -2.36. The summed E-state index contributed by atoms with van der Waals surface area (Å²) in [5, 5.41) is 1.23. The van der Waals surface area contributed by atoms with Crippen LogP contribution in [0.1, 0.15) is 18.4 Å². The van der Waals surface area contributed by atoms with Gasteiger partial charge < -0.3 is 9.80 Å². The van der Waals surface area contributed by atoms with E-state index in [0.29, 0.717) is 6.04 Å². The van der Waals surface area contributed by atoms with Crippen molar-refractivity contribution in [3.8, 4) is 0 Å². The zero-order chi connectivity index (χ0) is 13.9. The molecular formula is C17H23N3. The number of fused-ring (bicyclic) bond motifs is 1. The molecule has 0 amide bonds. The van der Waals surface area contributed by atoms with E-state index >= 15 is 0 Å². The van der Waals surface area contributed by atoms with Crippen LogP contribution in [0.4, 0.5) is 0 Å². The zero-order valence-electron chi connectivity index (χ0n) is 12.4. The summed E-state index contributed by atoms with van der Waals surface area (Å²) in [5.74, 6) is 0. The third-order valence-electron chi connectivity index (χ3n) is 4.29. The molecule has 20 heavy (non-hydrogen) atoms. The summed E-state index contributed by atoms with van der Waals surface area (Å²) in [6.45, 7) is 3.36. The fraction of sp³-hybridized carbons (Fsp3) is 0.471. The summed E-state index contributed by atoms with van der Waals surface area (Å²) < 4.78 is 0. The van der Waals surface area contributed by atoms with Crippen LogP contribution in [0.15, 0.2) is 36.5 Å². The molecule has 1 fully saturated rings. The molecule has 3 rings (SSSR count). The molecule has 0 N–H and O–H groups in total. The molecule has 2 heterocycles. The molecule has 106 valence electrons. The number of hydrogen-bond acceptors (Lipinski definition) is 3. The molecule has 3 heteroatoms. The van der Waals surface area contributed by atoms with Crippen molar-refractivity contribution in [3.63, 3.8) is 0 Å². The minimum absolute atomic E-state index is 0.716. The van der Waals surface area contributed by atoms with Crippen molar-refractivity contribution >= 4 is 10.9 Å². The van der Waals surface area contributed by atoms with Crippen molar-refractivity contribution in [2.24, 2.45) is 0 Å². The first-order valence-electron chi connectivity index (χ1n) is 7.45. The second kappa shape index (κ2) is 5.90. The Morgan fingerprint density at radius 1 is 1.35 bits per heavy atom. The fourth-order valence-corrected chi connectivity index (χ4v) is 3.15. The highest BCUT2D eigenvalue weighted by molar-refractivity contribution is 5.78. The summed E-state index contributed by atoms with van der Waals surface area (Å²) in [5.41, 5.74) is 2.38. The van der Waals surface area contributed by atoms with Gasteiger partial charge in [-0.15, -0.1) is 0 Å². The van der Waals surface area contributed by atoms with E-state index < -0.39 is 0 Å². The standard InChI is InChI=1S/C17H23N3/c1-19(13-16-7-5-9-20(16)2)12-14-10-15-6-3-4-8-17(15)18-11-14/h3-4,6,8,10-11,16H,5,7,9,12-13H2,1-2H3/t16-/m1/s1. The number of likely N-dealkylation sites (tertiary alicyclic amines) is 1. The third-order valence-corrected chi connectivity index (χ3v) is 4.29. The predicted octanol–water partition coefficient (Wildman–Crippen LogP) is 2.76. The molecular weight excluding hydrogens is 246 g/mol. The third kappa shape index (κ3) is 3.00. The van der Waals surface area contributed by atoms with Crippen LogP contribution >= 0.6 is 0 Å². The maximum absolute atomic E-state index is 4.54. The molecule has 1 aromatic heterocycles. The molecule has 0 saturated carbocycles. The lowest BCUT2D eigenvalue weighted by molar-refractivity contribution is 0.215. The van der Waals surface area contributed by atoms with Gasteiger partial charge in [-0.05, 0) is 51.2 Å². The molecule has 1 aliphatic rings. The quantitative estimate of drug-likeness (QED) is 0.851. The van der Waals surface area contributed by atoms with Crippen molar-refractivity contribution in [1.82, 2.24) is 14.8 Å². The van der Waals surface area contributed by atoms with Crippen LogP contribution in [0.5, 0.6) is 0 Å². The monoisotopic (exact) mass is 269 g/mol. The van der Waals surface area contributed by atoms with Crippen molar-refractivity contribution in [1.29, 1.82) is 0 Å². The van der Waals surface area contributed by atoms with Crippen LogP contribution < -0.4 is 0 Å². The van der Waals surface area contributed by atoms with Crippen LogP contribution in [0.2, 0.25) is 0 Å². The Morgan fingerprint density at radius 3 is 3.00 bits per heavy atom. The second-order valence-corrected chi connectivity index (χ2v) is 6.01. The lowest BCUT2D eigenvalue weighted by atomic mass is 10.1. The van der Waals surface area contributed by atoms with Gasteiger partial charge in [-0.2, -0.15) is 0 Å². The molecule has 0 bridgehead atoms. The summed E-state index contributed by atoms with van der Waals surface area (Å²) in [6, 6.07) is 11.3. The van der Waals surface area contributed by atoms with Gasteiger partial charge in [-0.25, -0.2) is 0 Å². The van der Waals surface area contributed by atoms with E-state index in [1.165, 1.54) is 30.3 Å². The Hall–Kier alpha value is -1.45. The van der Waals surface area contributed by atoms with Crippen LogP contribution in [-0.2, 0) is 6.54 Å². The molecule has 3 nitrogen and oxygen atoms in total. The molecule has 0 aliphatic carbocycles. The van der Waals surface area contributed by atoms with Crippen molar-refractivity contribution in [2.45, 2.75) is 25.4 Å². The van der Waals surface area contributed by atoms with E-state index in [1.54, 1.807) is 0 Å². The molecule has 1 aliphatic heterocycles. The molecule has 1 aromatic carbocycles. The number of para-hydroxylation sites is 1. The number of likely N-dealkylation sites (N-methyl/N-ethyl adjacent to an activating group) is 2. The predicted molar refractivity (Wildman–Crippen MR) is 83.7 cm³/mol. The van der Waals surface area contributed by atoms with Gasteiger partial charge in [0.25, 0.3) is 0 Å². The highest BCUT2D eigenvalue weighted by atomic mass is 15.2. The number of rotatable bonds is 4. The van der Waals surface area contributed by atoms with E-state index in [1.807, 2.05) is 12.3 Å². The Balaban J connectivity index is 1.66. The van der Waals surface area contributed by atoms with E-state index in [9.17, 15) is 0 Å². The topological polar surface area (TPSA) is 19.4 Å². The van der Waals surface area contributed by atoms with Crippen LogP contribution in [0.25, 0.3) is 10.9 Å². The largest absolute Gasteiger partial charge is 0.302 e. The number of hydrogen-bond donors (Lipinski definition) is 0. The second-order valence-electron chi connectivity index (χ2n) is 6.01. The normalized spacial score (nSPS) is 20.1. The first kappa shape index (κ1) is 13.5. The van der Waals surface area contributed by atoms with Gasteiger partial charge in [0, 0.05) is 30.7 Å². The Morgan fingerprint density at radius 2 is 2.20 bits per heavy atom. The maximum Gasteiger partial charge on any atom is 0.0702 e. The maximum atomic E-state index is 4.54. The fourth-order valence-electron chi connectivity index (χ4n) is 3.15. The highest BCUT2D eigenvalue weighted by Crippen LogP contribution is 2.17. The number of aromatic nitrogens is 1. The van der Waals surface area contributed by atoms with Gasteiger partial charge in [0.2, 0.25) is 0 Å². The van der Waals surface area contributed by atoms with Crippen molar-refractivity contribution < 1.29 is 0 Å². The average Bonchev–Trinajstić information content (AvgIpc) is 2.84. The van der Waals surface area contributed by atoms with Gasteiger partial charge in [0.1, 0.15) is 0 Å². The highest BCUT2D eigenvalue weighted by Gasteiger charge is 2.21. The van der Waals surface area contributed by atoms with Crippen LogP contribution in [0, 0.1) is 0 Å². The summed E-state index contributed by atoms with van der Waals surface area (Å²) in [4.78, 5) is 9.44. The Labute approximate surface area is 121 Å². The number of benzene rings is 1. The Bertz CT molecular complexity index is 581. The molecule has 2 aromatic rings. The first-order chi connectivity index (χ1) is 9.72. The smallest absolute Gasteiger partial charge is 0.0702 e. The molecule has 1 atom stereocenters. The van der Waals surface area contributed by atoms with Crippen LogP contribution in [-0.4, -0.2) is 48.0 Å². The minimum Gasteiger partial charge on any atom is -0.302 e. The van der Waals surface area contributed by atoms with Gasteiger partial charge in [0.05, 0.1) is 5.52 Å². The number of pyridine rings is 1. The molecule has 0 radical (unpaired) electrons. The average molecular weight is 269 g/mol. The number of nitrogens with zero attached hydrogens (tertiary/aromatic N) is 3. The van der Waals surface area contributed by atoms with Gasteiger partial charge in [0.15, 0.2) is 0 Å². The van der Waals surface area contributed by atoms with Crippen LogP contribution in [0.3, 0.4) is 0 Å². The Kier molecular flexibility index (Phi) is 3.99. The van der Waals surface area contributed by atoms with Crippen molar-refractivity contribution in [2.75, 3.05) is 27.2 Å².